The normalized spacial score (nSPS) is 21.3. The van der Waals surface area contributed by atoms with Crippen LogP contribution in [-0.4, -0.2) is 69.4 Å². The van der Waals surface area contributed by atoms with Crippen LogP contribution in [0.3, 0.4) is 0 Å². The third kappa shape index (κ3) is 5.66. The molecule has 1 atom stereocenters. The second-order valence-corrected chi connectivity index (χ2v) is 7.89. The molecule has 150 valence electrons. The average Bonchev–Trinajstić information content (AvgIpc) is 2.73. The monoisotopic (exact) mass is 375 g/mol. The zero-order valence-corrected chi connectivity index (χ0v) is 16.7. The van der Waals surface area contributed by atoms with Gasteiger partial charge >= 0.3 is 0 Å². The van der Waals surface area contributed by atoms with Crippen LogP contribution in [0.15, 0.2) is 18.3 Å². The third-order valence-electron chi connectivity index (χ3n) is 5.81. The van der Waals surface area contributed by atoms with E-state index in [2.05, 4.69) is 16.9 Å². The van der Waals surface area contributed by atoms with Crippen LogP contribution >= 0.6 is 0 Å². The van der Waals surface area contributed by atoms with Crippen LogP contribution in [0, 0.1) is 11.8 Å². The summed E-state index contributed by atoms with van der Waals surface area (Å²) < 4.78 is 10.7. The molecule has 1 unspecified atom stereocenters. The fourth-order valence-electron chi connectivity index (χ4n) is 4.07. The Labute approximate surface area is 162 Å². The predicted molar refractivity (Wildman–Crippen MR) is 106 cm³/mol. The highest BCUT2D eigenvalue weighted by Crippen LogP contribution is 2.21. The van der Waals surface area contributed by atoms with Gasteiger partial charge in [-0.25, -0.2) is 4.98 Å². The number of methoxy groups -OCH3 is 1. The van der Waals surface area contributed by atoms with Crippen LogP contribution in [-0.2, 0) is 9.47 Å². The number of hydrogen-bond acceptors (Lipinski definition) is 5. The first-order chi connectivity index (χ1) is 13.2. The van der Waals surface area contributed by atoms with Gasteiger partial charge in [0, 0.05) is 53.2 Å². The third-order valence-corrected chi connectivity index (χ3v) is 5.81. The van der Waals surface area contributed by atoms with Crippen LogP contribution in [0.5, 0.6) is 0 Å². The molecule has 1 aromatic heterocycles. The number of ether oxygens (including phenoxy) is 2. The number of likely N-dealkylation sites (tertiary alicyclic amines) is 1. The second-order valence-electron chi connectivity index (χ2n) is 7.89. The van der Waals surface area contributed by atoms with E-state index in [1.807, 2.05) is 17.0 Å². The number of pyridine rings is 1. The quantitative estimate of drug-likeness (QED) is 0.733. The summed E-state index contributed by atoms with van der Waals surface area (Å²) in [6.07, 6.45) is 7.38. The lowest BCUT2D eigenvalue weighted by Gasteiger charge is -2.32. The molecule has 0 aromatic carbocycles. The summed E-state index contributed by atoms with van der Waals surface area (Å²) in [6, 6.07) is 3.88. The lowest BCUT2D eigenvalue weighted by atomic mass is 9.96. The van der Waals surface area contributed by atoms with Gasteiger partial charge in [0.25, 0.3) is 5.91 Å². The summed E-state index contributed by atoms with van der Waals surface area (Å²) in [5.74, 6) is 2.20. The molecule has 2 aliphatic heterocycles. The van der Waals surface area contributed by atoms with Gasteiger partial charge in [0.05, 0.1) is 12.2 Å². The predicted octanol–water partition coefficient (Wildman–Crippen LogP) is 2.83. The van der Waals surface area contributed by atoms with Crippen LogP contribution in [0.25, 0.3) is 0 Å². The average molecular weight is 376 g/mol. The minimum atomic E-state index is 0.0831. The molecule has 1 amide bonds. The van der Waals surface area contributed by atoms with Gasteiger partial charge in [-0.15, -0.1) is 0 Å². The maximum atomic E-state index is 12.8. The van der Waals surface area contributed by atoms with Crippen molar-refractivity contribution in [2.75, 3.05) is 58.5 Å². The minimum Gasteiger partial charge on any atom is -0.384 e. The highest BCUT2D eigenvalue weighted by Gasteiger charge is 2.24. The van der Waals surface area contributed by atoms with Gasteiger partial charge in [-0.05, 0) is 56.1 Å². The van der Waals surface area contributed by atoms with Crippen molar-refractivity contribution in [3.8, 4) is 0 Å². The zero-order valence-electron chi connectivity index (χ0n) is 16.7. The molecule has 1 aromatic rings. The van der Waals surface area contributed by atoms with Crippen LogP contribution in [0.1, 0.15) is 42.5 Å². The topological polar surface area (TPSA) is 54.9 Å². The van der Waals surface area contributed by atoms with Crippen LogP contribution < -0.4 is 4.90 Å². The Bertz CT molecular complexity index is 585. The number of amides is 1. The first kappa shape index (κ1) is 20.1. The maximum absolute atomic E-state index is 12.8. The molecular formula is C21H33N3O3. The van der Waals surface area contributed by atoms with Gasteiger partial charge in [-0.3, -0.25) is 4.79 Å². The Balaban J connectivity index is 1.52. The van der Waals surface area contributed by atoms with Crippen molar-refractivity contribution < 1.29 is 14.3 Å². The number of nitrogens with zero attached hydrogens (tertiary/aromatic N) is 3. The number of hydrogen-bond donors (Lipinski definition) is 0. The van der Waals surface area contributed by atoms with E-state index in [-0.39, 0.29) is 5.91 Å². The Kier molecular flexibility index (Phi) is 7.47. The number of anilines is 1. The molecule has 0 spiro atoms. The Morgan fingerprint density at radius 1 is 1.30 bits per heavy atom. The number of piperidine rings is 1. The molecule has 0 radical (unpaired) electrons. The minimum absolute atomic E-state index is 0.0831. The van der Waals surface area contributed by atoms with E-state index >= 15 is 0 Å². The molecule has 2 aliphatic rings. The summed E-state index contributed by atoms with van der Waals surface area (Å²) in [6.45, 7) is 5.09. The van der Waals surface area contributed by atoms with Gasteiger partial charge in [-0.1, -0.05) is 0 Å². The van der Waals surface area contributed by atoms with Gasteiger partial charge in [0.15, 0.2) is 0 Å². The summed E-state index contributed by atoms with van der Waals surface area (Å²) in [4.78, 5) is 21.4. The SMILES string of the molecule is COCC1CCCN(C(=O)c2ccc(N(C)CCC3CCOCC3)nc2)C1. The van der Waals surface area contributed by atoms with Crippen molar-refractivity contribution in [1.82, 2.24) is 9.88 Å². The van der Waals surface area contributed by atoms with Crippen molar-refractivity contribution in [1.29, 1.82) is 0 Å². The number of carbonyl (C=O) groups excluding carboxylic acids is 1. The highest BCUT2D eigenvalue weighted by atomic mass is 16.5. The first-order valence-electron chi connectivity index (χ1n) is 10.2. The summed E-state index contributed by atoms with van der Waals surface area (Å²) in [5, 5.41) is 0. The molecule has 27 heavy (non-hydrogen) atoms. The van der Waals surface area contributed by atoms with E-state index in [0.29, 0.717) is 11.5 Å². The number of aromatic nitrogens is 1. The fraction of sp³-hybridized carbons (Fsp3) is 0.714. The lowest BCUT2D eigenvalue weighted by Crippen LogP contribution is -2.41. The molecule has 0 saturated carbocycles. The molecule has 0 aliphatic carbocycles. The van der Waals surface area contributed by atoms with Gasteiger partial charge in [0.1, 0.15) is 5.82 Å². The molecule has 2 saturated heterocycles. The second kappa shape index (κ2) is 10.0. The van der Waals surface area contributed by atoms with Gasteiger partial charge in [-0.2, -0.15) is 0 Å². The van der Waals surface area contributed by atoms with Crippen molar-refractivity contribution in [2.45, 2.75) is 32.1 Å². The smallest absolute Gasteiger partial charge is 0.255 e. The van der Waals surface area contributed by atoms with Gasteiger partial charge < -0.3 is 19.3 Å². The van der Waals surface area contributed by atoms with E-state index in [1.54, 1.807) is 13.3 Å². The van der Waals surface area contributed by atoms with E-state index < -0.39 is 0 Å². The fourth-order valence-corrected chi connectivity index (χ4v) is 4.07. The van der Waals surface area contributed by atoms with Gasteiger partial charge in [0.2, 0.25) is 0 Å². The number of carbonyl (C=O) groups is 1. The van der Waals surface area contributed by atoms with Crippen LogP contribution in [0.4, 0.5) is 5.82 Å². The standard InChI is InChI=1S/C21H33N3O3/c1-23(11-7-17-8-12-27-13-9-17)20-6-5-19(14-22-20)21(25)24-10-3-4-18(15-24)16-26-2/h5-6,14,17-18H,3-4,7-13,15-16H2,1-2H3. The van der Waals surface area contributed by atoms with Crippen molar-refractivity contribution in [3.63, 3.8) is 0 Å². The molecular weight excluding hydrogens is 342 g/mol. The van der Waals surface area contributed by atoms with E-state index in [1.165, 1.54) is 0 Å². The molecule has 3 rings (SSSR count). The maximum Gasteiger partial charge on any atom is 0.255 e. The van der Waals surface area contributed by atoms with E-state index in [0.717, 1.165) is 83.3 Å². The summed E-state index contributed by atoms with van der Waals surface area (Å²) in [5.41, 5.74) is 0.676. The zero-order chi connectivity index (χ0) is 19.1. The van der Waals surface area contributed by atoms with E-state index in [9.17, 15) is 4.79 Å². The summed E-state index contributed by atoms with van der Waals surface area (Å²) >= 11 is 0. The van der Waals surface area contributed by atoms with Crippen molar-refractivity contribution in [2.24, 2.45) is 11.8 Å². The lowest BCUT2D eigenvalue weighted by molar-refractivity contribution is 0.0570. The van der Waals surface area contributed by atoms with Crippen molar-refractivity contribution in [3.05, 3.63) is 23.9 Å². The largest absolute Gasteiger partial charge is 0.384 e. The molecule has 3 heterocycles. The molecule has 6 heteroatoms. The Hall–Kier alpha value is -1.66. The first-order valence-corrected chi connectivity index (χ1v) is 10.2. The van der Waals surface area contributed by atoms with Crippen LogP contribution in [0.2, 0.25) is 0 Å². The van der Waals surface area contributed by atoms with E-state index in [4.69, 9.17) is 9.47 Å². The number of rotatable bonds is 7. The van der Waals surface area contributed by atoms with Crippen molar-refractivity contribution >= 4 is 11.7 Å². The molecule has 2 fully saturated rings. The Morgan fingerprint density at radius 2 is 2.11 bits per heavy atom. The molecule has 0 N–H and O–H groups in total. The Morgan fingerprint density at radius 3 is 2.81 bits per heavy atom. The molecule has 6 nitrogen and oxygen atoms in total. The molecule has 0 bridgehead atoms. The highest BCUT2D eigenvalue weighted by molar-refractivity contribution is 5.94. The summed E-state index contributed by atoms with van der Waals surface area (Å²) in [7, 11) is 3.80.